The summed E-state index contributed by atoms with van der Waals surface area (Å²) in [6.45, 7) is 10.0. The van der Waals surface area contributed by atoms with Crippen molar-refractivity contribution in [2.24, 2.45) is 0 Å². The molecule has 0 aliphatic carbocycles. The Balaban J connectivity index is 3.68. The molecule has 0 amide bonds. The van der Waals surface area contributed by atoms with Gasteiger partial charge in [-0.1, -0.05) is 18.2 Å². The third-order valence-corrected chi connectivity index (χ3v) is 2.99. The van der Waals surface area contributed by atoms with Crippen LogP contribution in [0.3, 0.4) is 0 Å². The Morgan fingerprint density at radius 3 is 1.22 bits per heavy atom. The van der Waals surface area contributed by atoms with Crippen molar-refractivity contribution in [1.29, 1.82) is 0 Å². The lowest BCUT2D eigenvalue weighted by Crippen LogP contribution is -2.31. The molecule has 0 heterocycles. The summed E-state index contributed by atoms with van der Waals surface area (Å²) in [6, 6.07) is 5.35. The first-order valence-electron chi connectivity index (χ1n) is 6.16. The van der Waals surface area contributed by atoms with Crippen molar-refractivity contribution in [2.45, 2.75) is 58.3 Å². The molecule has 0 unspecified atom stereocenters. The molecule has 0 saturated heterocycles. The van der Waals surface area contributed by atoms with Crippen LogP contribution in [0.2, 0.25) is 0 Å². The summed E-state index contributed by atoms with van der Waals surface area (Å²) >= 11 is 0. The second kappa shape index (κ2) is 4.34. The van der Waals surface area contributed by atoms with E-state index >= 15 is 0 Å². The standard InChI is InChI=1S/C15H24O3/c1-13(2,16)10-8-7-9-11(14(3,4)17)12(10)15(5,6)18/h7-9,16-18H,1-6H3. The van der Waals surface area contributed by atoms with E-state index in [1.807, 2.05) is 0 Å². The van der Waals surface area contributed by atoms with Crippen LogP contribution in [0, 0.1) is 0 Å². The fourth-order valence-electron chi connectivity index (χ4n) is 2.23. The van der Waals surface area contributed by atoms with Crippen LogP contribution >= 0.6 is 0 Å². The van der Waals surface area contributed by atoms with E-state index in [9.17, 15) is 15.3 Å². The van der Waals surface area contributed by atoms with Crippen LogP contribution in [0.25, 0.3) is 0 Å². The lowest BCUT2D eigenvalue weighted by Gasteiger charge is -2.34. The van der Waals surface area contributed by atoms with Gasteiger partial charge in [-0.05, 0) is 58.2 Å². The van der Waals surface area contributed by atoms with E-state index < -0.39 is 16.8 Å². The molecule has 0 fully saturated rings. The van der Waals surface area contributed by atoms with E-state index in [0.29, 0.717) is 16.7 Å². The van der Waals surface area contributed by atoms with Crippen LogP contribution < -0.4 is 0 Å². The number of benzene rings is 1. The van der Waals surface area contributed by atoms with Crippen molar-refractivity contribution in [3.05, 3.63) is 34.9 Å². The average Bonchev–Trinajstić information content (AvgIpc) is 2.12. The van der Waals surface area contributed by atoms with Crippen LogP contribution in [0.1, 0.15) is 58.2 Å². The van der Waals surface area contributed by atoms with Gasteiger partial charge in [0.1, 0.15) is 0 Å². The van der Waals surface area contributed by atoms with Gasteiger partial charge in [0.2, 0.25) is 0 Å². The van der Waals surface area contributed by atoms with Gasteiger partial charge in [0.25, 0.3) is 0 Å². The highest BCUT2D eigenvalue weighted by Gasteiger charge is 2.33. The molecule has 3 N–H and O–H groups in total. The summed E-state index contributed by atoms with van der Waals surface area (Å²) < 4.78 is 0. The molecule has 0 radical (unpaired) electrons. The van der Waals surface area contributed by atoms with Crippen molar-refractivity contribution in [3.63, 3.8) is 0 Å². The molecule has 0 atom stereocenters. The maximum atomic E-state index is 10.4. The van der Waals surface area contributed by atoms with E-state index in [1.54, 1.807) is 59.7 Å². The van der Waals surface area contributed by atoms with Gasteiger partial charge in [0.05, 0.1) is 16.8 Å². The molecule has 0 aliphatic rings. The van der Waals surface area contributed by atoms with Crippen LogP contribution in [-0.4, -0.2) is 15.3 Å². The summed E-state index contributed by atoms with van der Waals surface area (Å²) in [6.07, 6.45) is 0. The Bertz CT molecular complexity index is 396. The highest BCUT2D eigenvalue weighted by molar-refractivity contribution is 5.44. The average molecular weight is 252 g/mol. The first-order valence-corrected chi connectivity index (χ1v) is 6.16. The molecule has 102 valence electrons. The number of hydrogen-bond acceptors (Lipinski definition) is 3. The lowest BCUT2D eigenvalue weighted by atomic mass is 9.78. The summed E-state index contributed by atoms with van der Waals surface area (Å²) in [4.78, 5) is 0. The smallest absolute Gasteiger partial charge is 0.0847 e. The Hall–Kier alpha value is -0.900. The number of aliphatic hydroxyl groups is 3. The fraction of sp³-hybridized carbons (Fsp3) is 0.600. The van der Waals surface area contributed by atoms with Gasteiger partial charge in [-0.25, -0.2) is 0 Å². The Labute approximate surface area is 109 Å². The van der Waals surface area contributed by atoms with Crippen LogP contribution in [0.5, 0.6) is 0 Å². The lowest BCUT2D eigenvalue weighted by molar-refractivity contribution is 0.0384. The SMILES string of the molecule is CC(C)(O)c1cccc(C(C)(C)O)c1C(C)(C)O. The van der Waals surface area contributed by atoms with E-state index in [1.165, 1.54) is 0 Å². The van der Waals surface area contributed by atoms with Crippen molar-refractivity contribution in [2.75, 3.05) is 0 Å². The molecule has 0 aliphatic heterocycles. The molecule has 0 spiro atoms. The highest BCUT2D eigenvalue weighted by atomic mass is 16.3. The third kappa shape index (κ3) is 3.10. The predicted molar refractivity (Wildman–Crippen MR) is 72.2 cm³/mol. The van der Waals surface area contributed by atoms with E-state index in [-0.39, 0.29) is 0 Å². The molecule has 1 rings (SSSR count). The molecule has 1 aromatic rings. The second-order valence-corrected chi connectivity index (χ2v) is 6.41. The monoisotopic (exact) mass is 252 g/mol. The summed E-state index contributed by atoms with van der Waals surface area (Å²) in [5.41, 5.74) is -1.42. The Kier molecular flexibility index (Phi) is 3.65. The first kappa shape index (κ1) is 15.2. The van der Waals surface area contributed by atoms with E-state index in [0.717, 1.165) is 0 Å². The normalized spacial score (nSPS) is 13.8. The van der Waals surface area contributed by atoms with E-state index in [2.05, 4.69) is 0 Å². The highest BCUT2D eigenvalue weighted by Crippen LogP contribution is 2.37. The Morgan fingerprint density at radius 2 is 1.00 bits per heavy atom. The molecule has 18 heavy (non-hydrogen) atoms. The zero-order chi connectivity index (χ0) is 14.4. The molecule has 3 nitrogen and oxygen atoms in total. The second-order valence-electron chi connectivity index (χ2n) is 6.41. The van der Waals surface area contributed by atoms with Gasteiger partial charge in [-0.3, -0.25) is 0 Å². The minimum atomic E-state index is -1.13. The fourth-order valence-corrected chi connectivity index (χ4v) is 2.23. The van der Waals surface area contributed by atoms with Gasteiger partial charge >= 0.3 is 0 Å². The molecular weight excluding hydrogens is 228 g/mol. The minimum absolute atomic E-state index is 0.588. The first-order chi connectivity index (χ1) is 7.85. The van der Waals surface area contributed by atoms with Crippen molar-refractivity contribution in [1.82, 2.24) is 0 Å². The summed E-state index contributed by atoms with van der Waals surface area (Å²) in [5, 5.41) is 30.8. The molecule has 1 aromatic carbocycles. The van der Waals surface area contributed by atoms with Crippen LogP contribution in [0.15, 0.2) is 18.2 Å². The van der Waals surface area contributed by atoms with Crippen LogP contribution in [-0.2, 0) is 16.8 Å². The van der Waals surface area contributed by atoms with Crippen molar-refractivity contribution in [3.8, 4) is 0 Å². The van der Waals surface area contributed by atoms with Crippen LogP contribution in [0.4, 0.5) is 0 Å². The molecule has 0 bridgehead atoms. The van der Waals surface area contributed by atoms with Crippen molar-refractivity contribution >= 4 is 0 Å². The van der Waals surface area contributed by atoms with E-state index in [4.69, 9.17) is 0 Å². The predicted octanol–water partition coefficient (Wildman–Crippen LogP) is 2.37. The van der Waals surface area contributed by atoms with Gasteiger partial charge in [-0.15, -0.1) is 0 Å². The molecule has 0 saturated carbocycles. The maximum Gasteiger partial charge on any atom is 0.0847 e. The Morgan fingerprint density at radius 1 is 0.667 bits per heavy atom. The largest absolute Gasteiger partial charge is 0.386 e. The maximum absolute atomic E-state index is 10.4. The number of hydrogen-bond donors (Lipinski definition) is 3. The molecular formula is C15H24O3. The molecule has 3 heteroatoms. The molecule has 0 aromatic heterocycles. The summed E-state index contributed by atoms with van der Waals surface area (Å²) in [5.74, 6) is 0. The zero-order valence-corrected chi connectivity index (χ0v) is 12.1. The van der Waals surface area contributed by atoms with Gasteiger partial charge in [0, 0.05) is 0 Å². The number of rotatable bonds is 3. The van der Waals surface area contributed by atoms with Gasteiger partial charge in [0.15, 0.2) is 0 Å². The topological polar surface area (TPSA) is 60.7 Å². The van der Waals surface area contributed by atoms with Crippen molar-refractivity contribution < 1.29 is 15.3 Å². The zero-order valence-electron chi connectivity index (χ0n) is 12.1. The van der Waals surface area contributed by atoms with Gasteiger partial charge in [-0.2, -0.15) is 0 Å². The minimum Gasteiger partial charge on any atom is -0.386 e. The third-order valence-electron chi connectivity index (χ3n) is 2.99. The quantitative estimate of drug-likeness (QED) is 0.774. The summed E-state index contributed by atoms with van der Waals surface area (Å²) in [7, 11) is 0. The van der Waals surface area contributed by atoms with Gasteiger partial charge < -0.3 is 15.3 Å².